The number of aliphatic hydroxyl groups excluding tert-OH is 1. The van der Waals surface area contributed by atoms with Gasteiger partial charge in [-0.1, -0.05) is 101 Å². The highest BCUT2D eigenvalue weighted by Crippen LogP contribution is 2.45. The zero-order chi connectivity index (χ0) is 22.7. The average molecular weight is 439 g/mol. The van der Waals surface area contributed by atoms with E-state index in [1.807, 2.05) is 43.3 Å². The summed E-state index contributed by atoms with van der Waals surface area (Å²) < 4.78 is 5.75. The van der Waals surface area contributed by atoms with Gasteiger partial charge in [-0.25, -0.2) is 0 Å². The second-order valence-corrected chi connectivity index (χ2v) is 14.0. The summed E-state index contributed by atoms with van der Waals surface area (Å²) in [6, 6.07) is 20.4. The number of benzene rings is 2. The van der Waals surface area contributed by atoms with Crippen molar-refractivity contribution >= 4 is 18.7 Å². The van der Waals surface area contributed by atoms with E-state index in [4.69, 9.17) is 4.74 Å². The van der Waals surface area contributed by atoms with E-state index in [-0.39, 0.29) is 11.0 Å². The van der Waals surface area contributed by atoms with Gasteiger partial charge in [0.05, 0.1) is 12.7 Å². The minimum Gasteiger partial charge on any atom is -0.424 e. The summed E-state index contributed by atoms with van der Waals surface area (Å²) >= 11 is 0. The van der Waals surface area contributed by atoms with Crippen LogP contribution in [-0.2, 0) is 4.74 Å². The van der Waals surface area contributed by atoms with Crippen LogP contribution in [0.2, 0.25) is 5.04 Å². The predicted molar refractivity (Wildman–Crippen MR) is 131 cm³/mol. The second-order valence-electron chi connectivity index (χ2n) is 10.1. The van der Waals surface area contributed by atoms with E-state index < -0.39 is 20.0 Å². The Morgan fingerprint density at radius 3 is 1.97 bits per heavy atom. The molecule has 2 aromatic rings. The van der Waals surface area contributed by atoms with Gasteiger partial charge in [0.15, 0.2) is 0 Å². The van der Waals surface area contributed by atoms with Gasteiger partial charge in [-0.2, -0.15) is 0 Å². The Labute approximate surface area is 188 Å². The molecule has 4 heteroatoms. The molecule has 3 nitrogen and oxygen atoms in total. The lowest BCUT2D eigenvalue weighted by molar-refractivity contribution is 0.0342. The first-order valence-corrected chi connectivity index (χ1v) is 13.4. The molecule has 2 aromatic carbocycles. The molecule has 1 aliphatic rings. The van der Waals surface area contributed by atoms with Crippen molar-refractivity contribution < 1.29 is 14.6 Å². The molecular formula is C27H38O3Si. The summed E-state index contributed by atoms with van der Waals surface area (Å²) in [5.74, 6) is 0.401. The fourth-order valence-corrected chi connectivity index (χ4v) is 8.65. The maximum absolute atomic E-state index is 12.3. The molecule has 2 N–H and O–H groups in total. The van der Waals surface area contributed by atoms with Crippen molar-refractivity contribution in [3.8, 4) is 0 Å². The van der Waals surface area contributed by atoms with Crippen LogP contribution in [0.5, 0.6) is 0 Å². The molecule has 1 aliphatic heterocycles. The molecule has 31 heavy (non-hydrogen) atoms. The molecule has 0 saturated carbocycles. The van der Waals surface area contributed by atoms with Gasteiger partial charge in [-0.3, -0.25) is 0 Å². The smallest absolute Gasteiger partial charge is 0.258 e. The quantitative estimate of drug-likeness (QED) is 0.313. The molecule has 0 bridgehead atoms. The minimum absolute atomic E-state index is 0.0137. The molecule has 1 fully saturated rings. The van der Waals surface area contributed by atoms with E-state index in [0.29, 0.717) is 12.5 Å². The van der Waals surface area contributed by atoms with Gasteiger partial charge in [-0.15, -0.1) is 6.58 Å². The Hall–Kier alpha value is -1.72. The maximum Gasteiger partial charge on any atom is 0.258 e. The van der Waals surface area contributed by atoms with E-state index >= 15 is 0 Å². The van der Waals surface area contributed by atoms with Crippen LogP contribution in [0, 0.1) is 11.8 Å². The molecule has 4 atom stereocenters. The summed E-state index contributed by atoms with van der Waals surface area (Å²) in [6.07, 6.45) is 4.00. The first-order chi connectivity index (χ1) is 14.7. The summed E-state index contributed by atoms with van der Waals surface area (Å²) in [4.78, 5) is 12.3. The van der Waals surface area contributed by atoms with Crippen molar-refractivity contribution in [2.45, 2.75) is 63.7 Å². The van der Waals surface area contributed by atoms with Gasteiger partial charge < -0.3 is 14.6 Å². The highest BCUT2D eigenvalue weighted by Gasteiger charge is 2.53. The summed E-state index contributed by atoms with van der Waals surface area (Å²) in [5, 5.41) is 12.5. The Kier molecular flexibility index (Phi) is 7.27. The van der Waals surface area contributed by atoms with Crippen molar-refractivity contribution in [3.05, 3.63) is 73.3 Å². The third-order valence-electron chi connectivity index (χ3n) is 7.24. The molecule has 0 unspecified atom stereocenters. The highest BCUT2D eigenvalue weighted by atomic mass is 28.4. The third-order valence-corrected chi connectivity index (χ3v) is 11.8. The van der Waals surface area contributed by atoms with Crippen LogP contribution in [0.1, 0.15) is 47.0 Å². The largest absolute Gasteiger partial charge is 0.424 e. The van der Waals surface area contributed by atoms with Gasteiger partial charge in [0.2, 0.25) is 0 Å². The summed E-state index contributed by atoms with van der Waals surface area (Å²) in [6.45, 7) is 13.1. The first-order valence-electron chi connectivity index (χ1n) is 11.4. The number of hydrogen-bond donors (Lipinski definition) is 2. The van der Waals surface area contributed by atoms with Gasteiger partial charge in [0.1, 0.15) is 5.60 Å². The Morgan fingerprint density at radius 2 is 1.55 bits per heavy atom. The van der Waals surface area contributed by atoms with Gasteiger partial charge in [0.25, 0.3) is 8.32 Å². The first kappa shape index (κ1) is 23.9. The lowest BCUT2D eigenvalue weighted by atomic mass is 9.83. The zero-order valence-corrected chi connectivity index (χ0v) is 20.4. The number of ether oxygens (including phenoxy) is 1. The van der Waals surface area contributed by atoms with Crippen LogP contribution >= 0.6 is 0 Å². The normalized spacial score (nSPS) is 21.9. The average Bonchev–Trinajstić information content (AvgIpc) is 3.57. The van der Waals surface area contributed by atoms with Crippen LogP contribution in [0.25, 0.3) is 0 Å². The third kappa shape index (κ3) is 4.88. The van der Waals surface area contributed by atoms with Gasteiger partial charge >= 0.3 is 0 Å². The second kappa shape index (κ2) is 9.41. The van der Waals surface area contributed by atoms with Crippen molar-refractivity contribution in [3.63, 3.8) is 0 Å². The molecule has 0 aliphatic carbocycles. The maximum atomic E-state index is 12.3. The number of epoxide rings is 1. The minimum atomic E-state index is -2.98. The molecule has 168 valence electrons. The van der Waals surface area contributed by atoms with E-state index in [0.717, 1.165) is 29.6 Å². The standard InChI is InChI=1S/C27H38O3Si/c1-6-22(3)25(28)27(20-30-27)19-21(2)17-18-26(4,5)31(29,23-13-9-7-10-14-23)24-15-11-8-12-16-24/h6-16,21-22,25,28-29H,1,17-20H2,2-5H3/t21-,22-,25+,27-/m0/s1. The van der Waals surface area contributed by atoms with Crippen LogP contribution < -0.4 is 10.4 Å². The van der Waals surface area contributed by atoms with Crippen LogP contribution in [0.4, 0.5) is 0 Å². The zero-order valence-electron chi connectivity index (χ0n) is 19.4. The number of rotatable bonds is 11. The van der Waals surface area contributed by atoms with Crippen LogP contribution in [0.15, 0.2) is 73.3 Å². The molecule has 0 amide bonds. The Bertz CT molecular complexity index is 806. The van der Waals surface area contributed by atoms with Crippen molar-refractivity contribution in [2.75, 3.05) is 6.61 Å². The summed E-state index contributed by atoms with van der Waals surface area (Å²) in [7, 11) is -2.98. The van der Waals surface area contributed by atoms with Crippen LogP contribution in [0.3, 0.4) is 0 Å². The van der Waals surface area contributed by atoms with E-state index in [2.05, 4.69) is 51.6 Å². The summed E-state index contributed by atoms with van der Waals surface area (Å²) in [5.41, 5.74) is -0.427. The van der Waals surface area contributed by atoms with Crippen molar-refractivity contribution in [1.82, 2.24) is 0 Å². The molecule has 1 saturated heterocycles. The van der Waals surface area contributed by atoms with E-state index in [1.165, 1.54) is 0 Å². The van der Waals surface area contributed by atoms with E-state index in [1.54, 1.807) is 6.08 Å². The van der Waals surface area contributed by atoms with E-state index in [9.17, 15) is 9.90 Å². The fourth-order valence-electron chi connectivity index (χ4n) is 4.90. The lowest BCUT2D eigenvalue weighted by Crippen LogP contribution is -2.65. The molecule has 3 rings (SSSR count). The predicted octanol–water partition coefficient (Wildman–Crippen LogP) is 4.28. The fraction of sp³-hybridized carbons (Fsp3) is 0.481. The molecule has 1 heterocycles. The SMILES string of the molecule is C=C[C@H](C)[C@@H](O)[C@]1(C[C@@H](C)CCC(C)(C)[Si](O)(c2ccccc2)c2ccccc2)CO1. The number of hydrogen-bond acceptors (Lipinski definition) is 3. The van der Waals surface area contributed by atoms with Gasteiger partial charge in [0, 0.05) is 5.92 Å². The molecular weight excluding hydrogens is 400 g/mol. The number of aliphatic hydroxyl groups is 1. The molecule has 0 aromatic heterocycles. The lowest BCUT2D eigenvalue weighted by Gasteiger charge is -2.42. The van der Waals surface area contributed by atoms with Crippen LogP contribution in [-0.4, -0.2) is 36.5 Å². The molecule has 0 spiro atoms. The molecule has 0 radical (unpaired) electrons. The van der Waals surface area contributed by atoms with Crippen molar-refractivity contribution in [1.29, 1.82) is 0 Å². The topological polar surface area (TPSA) is 53.0 Å². The Morgan fingerprint density at radius 1 is 1.06 bits per heavy atom. The highest BCUT2D eigenvalue weighted by molar-refractivity contribution is 6.98. The van der Waals surface area contributed by atoms with Crippen molar-refractivity contribution in [2.24, 2.45) is 11.8 Å². The Balaban J connectivity index is 1.77. The monoisotopic (exact) mass is 438 g/mol. The van der Waals surface area contributed by atoms with Gasteiger partial charge in [-0.05, 0) is 34.2 Å².